The molecule has 2 bridgehead atoms. The molecule has 0 N–H and O–H groups in total. The number of carbonyl (C=O) groups is 1. The Morgan fingerprint density at radius 2 is 1.83 bits per heavy atom. The number of rotatable bonds is 3. The van der Waals surface area contributed by atoms with Gasteiger partial charge in [-0.25, -0.2) is 0 Å². The monoisotopic (exact) mass is 386 g/mol. The Hall–Kier alpha value is -3.34. The summed E-state index contributed by atoms with van der Waals surface area (Å²) in [5.41, 5.74) is 2.84. The van der Waals surface area contributed by atoms with Gasteiger partial charge in [0.2, 0.25) is 5.91 Å². The van der Waals surface area contributed by atoms with Crippen LogP contribution in [-0.4, -0.2) is 28.5 Å². The van der Waals surface area contributed by atoms with Crippen molar-refractivity contribution in [2.24, 2.45) is 5.92 Å². The maximum atomic E-state index is 13.2. The molecule has 3 aromatic rings. The molecule has 0 saturated carbocycles. The third-order valence-electron chi connectivity index (χ3n) is 5.93. The first kappa shape index (κ1) is 17.7. The summed E-state index contributed by atoms with van der Waals surface area (Å²) in [5, 5.41) is 0. The molecule has 0 spiro atoms. The molecule has 2 unspecified atom stereocenters. The molecule has 0 radical (unpaired) electrons. The quantitative estimate of drug-likeness (QED) is 0.647. The molecule has 0 aliphatic carbocycles. The van der Waals surface area contributed by atoms with Crippen molar-refractivity contribution in [3.05, 3.63) is 100 Å². The van der Waals surface area contributed by atoms with Gasteiger partial charge in [0.1, 0.15) is 5.76 Å². The number of pyridine rings is 1. The zero-order valence-corrected chi connectivity index (χ0v) is 16.0. The number of hydrogen-bond donors (Lipinski definition) is 0. The topological polar surface area (TPSA) is 55.5 Å². The minimum Gasteiger partial charge on any atom is -0.464 e. The number of aromatic nitrogens is 1. The average molecular weight is 386 g/mol. The Balaban J connectivity index is 1.46. The van der Waals surface area contributed by atoms with Gasteiger partial charge >= 0.3 is 0 Å². The number of hydrogen-bond acceptors (Lipinski definition) is 3. The van der Waals surface area contributed by atoms with Crippen molar-refractivity contribution < 1.29 is 9.21 Å². The molecule has 5 nitrogen and oxygen atoms in total. The summed E-state index contributed by atoms with van der Waals surface area (Å²) in [6.45, 7) is 1.99. The molecule has 4 heterocycles. The van der Waals surface area contributed by atoms with Gasteiger partial charge in [0.15, 0.2) is 0 Å². The van der Waals surface area contributed by atoms with E-state index >= 15 is 0 Å². The number of benzene rings is 1. The van der Waals surface area contributed by atoms with E-state index in [1.807, 2.05) is 64.1 Å². The van der Waals surface area contributed by atoms with Crippen LogP contribution in [0.15, 0.2) is 82.2 Å². The molecule has 2 aliphatic heterocycles. The molecule has 2 aliphatic rings. The van der Waals surface area contributed by atoms with Crippen LogP contribution in [0.25, 0.3) is 5.57 Å². The number of amides is 1. The van der Waals surface area contributed by atoms with Crippen molar-refractivity contribution >= 4 is 11.5 Å². The first-order valence-electron chi connectivity index (χ1n) is 9.98. The van der Waals surface area contributed by atoms with Crippen molar-refractivity contribution in [1.29, 1.82) is 0 Å². The molecule has 5 rings (SSSR count). The summed E-state index contributed by atoms with van der Waals surface area (Å²) in [5.74, 6) is 1.18. The van der Waals surface area contributed by atoms with E-state index in [0.29, 0.717) is 31.3 Å². The van der Waals surface area contributed by atoms with E-state index in [0.717, 1.165) is 23.3 Å². The van der Waals surface area contributed by atoms with Gasteiger partial charge in [0.25, 0.3) is 5.56 Å². The largest absolute Gasteiger partial charge is 0.464 e. The maximum absolute atomic E-state index is 13.2. The lowest BCUT2D eigenvalue weighted by Gasteiger charge is -2.42. The fourth-order valence-corrected chi connectivity index (χ4v) is 4.64. The van der Waals surface area contributed by atoms with Gasteiger partial charge < -0.3 is 13.9 Å². The highest BCUT2D eigenvalue weighted by molar-refractivity contribution is 5.98. The zero-order valence-electron chi connectivity index (χ0n) is 16.0. The molecule has 5 heteroatoms. The lowest BCUT2D eigenvalue weighted by atomic mass is 9.83. The molecule has 146 valence electrons. The second-order valence-electron chi connectivity index (χ2n) is 7.84. The van der Waals surface area contributed by atoms with Crippen molar-refractivity contribution in [3.8, 4) is 0 Å². The molecule has 1 saturated heterocycles. The van der Waals surface area contributed by atoms with Gasteiger partial charge in [-0.2, -0.15) is 0 Å². The maximum Gasteiger partial charge on any atom is 0.250 e. The Kier molecular flexibility index (Phi) is 4.43. The Bertz CT molecular complexity index is 1110. The number of fused-ring (bicyclic) bond motifs is 4. The van der Waals surface area contributed by atoms with Gasteiger partial charge in [-0.1, -0.05) is 36.4 Å². The zero-order chi connectivity index (χ0) is 19.8. The summed E-state index contributed by atoms with van der Waals surface area (Å²) >= 11 is 0. The van der Waals surface area contributed by atoms with E-state index in [1.165, 1.54) is 0 Å². The first-order chi connectivity index (χ1) is 14.2. The molecule has 1 amide bonds. The minimum atomic E-state index is -0.0123. The third kappa shape index (κ3) is 3.33. The summed E-state index contributed by atoms with van der Waals surface area (Å²) < 4.78 is 7.48. The Labute approximate surface area is 168 Å². The number of furan rings is 1. The summed E-state index contributed by atoms with van der Waals surface area (Å²) in [4.78, 5) is 27.4. The van der Waals surface area contributed by atoms with Crippen molar-refractivity contribution in [2.75, 3.05) is 13.1 Å². The fraction of sp³-hybridized carbons (Fsp3) is 0.250. The van der Waals surface area contributed by atoms with E-state index in [2.05, 4.69) is 0 Å². The highest BCUT2D eigenvalue weighted by Gasteiger charge is 2.35. The predicted molar refractivity (Wildman–Crippen MR) is 110 cm³/mol. The lowest BCUT2D eigenvalue weighted by Crippen LogP contribution is -2.48. The number of nitrogens with zero attached hydrogens (tertiary/aromatic N) is 2. The first-order valence-corrected chi connectivity index (χ1v) is 9.98. The fourth-order valence-electron chi connectivity index (χ4n) is 4.64. The van der Waals surface area contributed by atoms with Crippen molar-refractivity contribution in [2.45, 2.75) is 18.9 Å². The molecular formula is C24H22N2O3. The predicted octanol–water partition coefficient (Wildman–Crippen LogP) is 3.52. The lowest BCUT2D eigenvalue weighted by molar-refractivity contribution is -0.128. The van der Waals surface area contributed by atoms with Crippen LogP contribution in [0.5, 0.6) is 0 Å². The van der Waals surface area contributed by atoms with Gasteiger partial charge in [-0.05, 0) is 36.1 Å². The van der Waals surface area contributed by atoms with Crippen LogP contribution in [0.4, 0.5) is 0 Å². The van der Waals surface area contributed by atoms with Crippen molar-refractivity contribution in [1.82, 2.24) is 9.47 Å². The Morgan fingerprint density at radius 3 is 2.62 bits per heavy atom. The van der Waals surface area contributed by atoms with Crippen LogP contribution in [0.2, 0.25) is 0 Å². The summed E-state index contributed by atoms with van der Waals surface area (Å²) in [6, 6.07) is 19.0. The summed E-state index contributed by atoms with van der Waals surface area (Å²) in [6.07, 6.45) is 4.34. The van der Waals surface area contributed by atoms with E-state index in [9.17, 15) is 9.59 Å². The van der Waals surface area contributed by atoms with Gasteiger partial charge in [-0.3, -0.25) is 9.59 Å². The van der Waals surface area contributed by atoms with E-state index in [4.69, 9.17) is 4.42 Å². The van der Waals surface area contributed by atoms with Crippen LogP contribution >= 0.6 is 0 Å². The van der Waals surface area contributed by atoms with Crippen LogP contribution < -0.4 is 5.56 Å². The van der Waals surface area contributed by atoms with E-state index < -0.39 is 0 Å². The molecule has 1 aromatic carbocycles. The molecule has 2 atom stereocenters. The van der Waals surface area contributed by atoms with Gasteiger partial charge in [0.05, 0.1) is 6.26 Å². The molecule has 1 fully saturated rings. The van der Waals surface area contributed by atoms with Crippen LogP contribution in [0.1, 0.15) is 29.4 Å². The number of carbonyl (C=O) groups excluding carboxylic acids is 1. The average Bonchev–Trinajstić information content (AvgIpc) is 3.28. The molecule has 29 heavy (non-hydrogen) atoms. The summed E-state index contributed by atoms with van der Waals surface area (Å²) in [7, 11) is 0. The second-order valence-corrected chi connectivity index (χ2v) is 7.84. The highest BCUT2D eigenvalue weighted by atomic mass is 16.3. The highest BCUT2D eigenvalue weighted by Crippen LogP contribution is 2.35. The van der Waals surface area contributed by atoms with Crippen LogP contribution in [0.3, 0.4) is 0 Å². The molecular weight excluding hydrogens is 364 g/mol. The van der Waals surface area contributed by atoms with Crippen LogP contribution in [-0.2, 0) is 11.3 Å². The molecule has 2 aromatic heterocycles. The number of likely N-dealkylation sites (tertiary alicyclic amines) is 1. The SMILES string of the molecule is O=C(C=C(c1ccccc1)c1ccco1)N1CC2CC(C1)c1cccc(=O)n1C2. The standard InChI is InChI=1S/C24H22N2O3/c27-23-10-4-8-21-19-12-17(15-26(21)23)14-25(16-19)24(28)13-20(22-9-5-11-29-22)18-6-2-1-3-7-18/h1-11,13,17,19H,12,14-16H2. The van der Waals surface area contributed by atoms with Crippen LogP contribution in [0, 0.1) is 5.92 Å². The van der Waals surface area contributed by atoms with Crippen molar-refractivity contribution in [3.63, 3.8) is 0 Å². The van der Waals surface area contributed by atoms with E-state index in [1.54, 1.807) is 18.4 Å². The normalized spacial score (nSPS) is 21.0. The van der Waals surface area contributed by atoms with Gasteiger partial charge in [0, 0.05) is 49.0 Å². The second kappa shape index (κ2) is 7.24. The number of piperidine rings is 1. The smallest absolute Gasteiger partial charge is 0.250 e. The Morgan fingerprint density at radius 1 is 0.966 bits per heavy atom. The van der Waals surface area contributed by atoms with Gasteiger partial charge in [-0.15, -0.1) is 0 Å². The van der Waals surface area contributed by atoms with E-state index in [-0.39, 0.29) is 17.4 Å². The third-order valence-corrected chi connectivity index (χ3v) is 5.93. The minimum absolute atomic E-state index is 0.0123.